The molecule has 4 aromatic rings. The Kier molecular flexibility index (Phi) is 5.03. The van der Waals surface area contributed by atoms with Crippen molar-refractivity contribution in [3.63, 3.8) is 0 Å². The van der Waals surface area contributed by atoms with Crippen molar-refractivity contribution >= 4 is 28.3 Å². The average molecular weight is 403 g/mol. The van der Waals surface area contributed by atoms with E-state index in [2.05, 4.69) is 30.1 Å². The van der Waals surface area contributed by atoms with E-state index in [0.29, 0.717) is 22.5 Å². The summed E-state index contributed by atoms with van der Waals surface area (Å²) in [6, 6.07) is 14.7. The molecule has 0 radical (unpaired) electrons. The molecule has 29 heavy (non-hydrogen) atoms. The number of aromatic nitrogens is 2. The van der Waals surface area contributed by atoms with E-state index in [-0.39, 0.29) is 16.8 Å². The summed E-state index contributed by atoms with van der Waals surface area (Å²) in [6.07, 6.45) is 4.74. The number of halogens is 1. The number of fused-ring (bicyclic) bond motifs is 1. The normalized spacial score (nSPS) is 11.0. The quantitative estimate of drug-likeness (QED) is 0.454. The first-order chi connectivity index (χ1) is 13.9. The maximum atomic E-state index is 13.1. The number of nitrogens with zero attached hydrogens (tertiary/aromatic N) is 2. The molecule has 2 aromatic heterocycles. The third-order valence-electron chi connectivity index (χ3n) is 5.07. The van der Waals surface area contributed by atoms with E-state index in [1.54, 1.807) is 42.9 Å². The Morgan fingerprint density at radius 3 is 2.55 bits per heavy atom. The van der Waals surface area contributed by atoms with Crippen LogP contribution in [0.4, 0.5) is 0 Å². The molecule has 0 bridgehead atoms. The number of aryl methyl sites for hydroxylation is 2. The lowest BCUT2D eigenvalue weighted by Crippen LogP contribution is -2.20. The van der Waals surface area contributed by atoms with Gasteiger partial charge in [-0.3, -0.25) is 14.6 Å². The lowest BCUT2D eigenvalue weighted by Gasteiger charge is -2.15. The van der Waals surface area contributed by atoms with Gasteiger partial charge in [0, 0.05) is 41.1 Å². The van der Waals surface area contributed by atoms with Crippen LogP contribution in [0.15, 0.2) is 71.9 Å². The topological polar surface area (TPSA) is 52.0 Å². The van der Waals surface area contributed by atoms with Gasteiger partial charge in [0.15, 0.2) is 5.78 Å². The fourth-order valence-electron chi connectivity index (χ4n) is 3.48. The molecule has 144 valence electrons. The summed E-state index contributed by atoms with van der Waals surface area (Å²) in [5, 5.41) is 0.893. The second-order valence-electron chi connectivity index (χ2n) is 7.16. The molecule has 0 atom stereocenters. The molecule has 0 amide bonds. The minimum atomic E-state index is -0.325. The molecule has 4 nitrogen and oxygen atoms in total. The second-order valence-corrected chi connectivity index (χ2v) is 7.59. The van der Waals surface area contributed by atoms with Crippen molar-refractivity contribution in [2.45, 2.75) is 20.4 Å². The number of carbonyl (C=O) groups is 1. The molecule has 0 fully saturated rings. The zero-order valence-corrected chi connectivity index (χ0v) is 16.9. The van der Waals surface area contributed by atoms with Gasteiger partial charge in [-0.15, -0.1) is 0 Å². The van der Waals surface area contributed by atoms with Gasteiger partial charge in [0.2, 0.25) is 5.43 Å². The number of hydrogen-bond acceptors (Lipinski definition) is 3. The molecule has 0 aliphatic rings. The van der Waals surface area contributed by atoms with E-state index in [4.69, 9.17) is 11.6 Å². The Balaban J connectivity index is 1.94. The van der Waals surface area contributed by atoms with Crippen molar-refractivity contribution in [2.75, 3.05) is 0 Å². The van der Waals surface area contributed by atoms with Crippen molar-refractivity contribution in [2.24, 2.45) is 0 Å². The second kappa shape index (κ2) is 7.64. The van der Waals surface area contributed by atoms with Crippen LogP contribution in [0.5, 0.6) is 0 Å². The number of carbonyl (C=O) groups excluding carboxylic acids is 1. The minimum Gasteiger partial charge on any atom is -0.342 e. The lowest BCUT2D eigenvalue weighted by molar-refractivity contribution is 0.103. The highest BCUT2D eigenvalue weighted by atomic mass is 35.5. The lowest BCUT2D eigenvalue weighted by atomic mass is 10.0. The zero-order chi connectivity index (χ0) is 20.5. The first-order valence-corrected chi connectivity index (χ1v) is 9.65. The highest BCUT2D eigenvalue weighted by molar-refractivity contribution is 6.31. The summed E-state index contributed by atoms with van der Waals surface area (Å²) < 4.78 is 1.95. The third kappa shape index (κ3) is 3.71. The fraction of sp³-hybridized carbons (Fsp3) is 0.125. The standard InChI is InChI=1S/C24H19ClN2O2/c1-15-3-4-16(2)18(11-15)13-27-14-21(23(28)17-7-9-26-10-8-17)24(29)20-12-19(25)5-6-22(20)27/h3-12,14H,13H2,1-2H3. The highest BCUT2D eigenvalue weighted by Crippen LogP contribution is 2.21. The number of pyridine rings is 2. The van der Waals surface area contributed by atoms with Crippen LogP contribution in [0.25, 0.3) is 10.9 Å². The molecule has 2 aromatic carbocycles. The Bertz CT molecular complexity index is 1290. The Hall–Kier alpha value is -3.24. The number of ketones is 1. The van der Waals surface area contributed by atoms with Gasteiger partial charge in [0.1, 0.15) is 0 Å². The van der Waals surface area contributed by atoms with E-state index in [1.165, 1.54) is 0 Å². The molecule has 0 aliphatic carbocycles. The number of benzene rings is 2. The SMILES string of the molecule is Cc1ccc(C)c(Cn2cc(C(=O)c3ccncc3)c(=O)c3cc(Cl)ccc32)c1. The maximum Gasteiger partial charge on any atom is 0.200 e. The van der Waals surface area contributed by atoms with Crippen LogP contribution in [0.3, 0.4) is 0 Å². The summed E-state index contributed by atoms with van der Waals surface area (Å²) in [5.74, 6) is -0.325. The summed E-state index contributed by atoms with van der Waals surface area (Å²) in [7, 11) is 0. The average Bonchev–Trinajstić information content (AvgIpc) is 2.73. The highest BCUT2D eigenvalue weighted by Gasteiger charge is 2.18. The Labute approximate surface area is 173 Å². The van der Waals surface area contributed by atoms with Crippen LogP contribution < -0.4 is 5.43 Å². The molecule has 0 aliphatic heterocycles. The molecular weight excluding hydrogens is 384 g/mol. The van der Waals surface area contributed by atoms with Crippen molar-refractivity contribution < 1.29 is 4.79 Å². The molecule has 0 saturated heterocycles. The molecule has 0 unspecified atom stereocenters. The Morgan fingerprint density at radius 1 is 1.03 bits per heavy atom. The summed E-state index contributed by atoms with van der Waals surface area (Å²) in [6.45, 7) is 4.65. The van der Waals surface area contributed by atoms with Gasteiger partial charge in [0.25, 0.3) is 0 Å². The van der Waals surface area contributed by atoms with Crippen molar-refractivity contribution in [3.05, 3.63) is 110 Å². The van der Waals surface area contributed by atoms with Crippen LogP contribution in [-0.4, -0.2) is 15.3 Å². The minimum absolute atomic E-state index is 0.122. The van der Waals surface area contributed by atoms with E-state index in [1.807, 2.05) is 17.6 Å². The predicted octanol–water partition coefficient (Wildman–Crippen LogP) is 4.95. The summed E-state index contributed by atoms with van der Waals surface area (Å²) in [4.78, 5) is 30.1. The maximum absolute atomic E-state index is 13.1. The number of rotatable bonds is 4. The summed E-state index contributed by atoms with van der Waals surface area (Å²) >= 11 is 6.16. The largest absolute Gasteiger partial charge is 0.342 e. The molecular formula is C24H19ClN2O2. The molecule has 2 heterocycles. The van der Waals surface area contributed by atoms with Crippen LogP contribution in [0, 0.1) is 13.8 Å². The van der Waals surface area contributed by atoms with E-state index in [0.717, 1.165) is 22.2 Å². The van der Waals surface area contributed by atoms with Gasteiger partial charge in [-0.1, -0.05) is 35.4 Å². The fourth-order valence-corrected chi connectivity index (χ4v) is 3.65. The first-order valence-electron chi connectivity index (χ1n) is 9.27. The van der Waals surface area contributed by atoms with E-state index < -0.39 is 0 Å². The first kappa shape index (κ1) is 19.1. The van der Waals surface area contributed by atoms with Gasteiger partial charge in [-0.2, -0.15) is 0 Å². The Morgan fingerprint density at radius 2 is 1.79 bits per heavy atom. The van der Waals surface area contributed by atoms with Crippen molar-refractivity contribution in [3.8, 4) is 0 Å². The van der Waals surface area contributed by atoms with Crippen LogP contribution in [0.2, 0.25) is 5.02 Å². The molecule has 0 spiro atoms. The molecule has 5 heteroatoms. The zero-order valence-electron chi connectivity index (χ0n) is 16.1. The van der Waals surface area contributed by atoms with E-state index in [9.17, 15) is 9.59 Å². The molecule has 0 saturated carbocycles. The van der Waals surface area contributed by atoms with E-state index >= 15 is 0 Å². The monoisotopic (exact) mass is 402 g/mol. The number of hydrogen-bond donors (Lipinski definition) is 0. The van der Waals surface area contributed by atoms with Gasteiger partial charge in [-0.05, 0) is 55.3 Å². The smallest absolute Gasteiger partial charge is 0.200 e. The molecule has 4 rings (SSSR count). The van der Waals surface area contributed by atoms with Gasteiger partial charge < -0.3 is 4.57 Å². The van der Waals surface area contributed by atoms with Crippen LogP contribution >= 0.6 is 11.6 Å². The van der Waals surface area contributed by atoms with Gasteiger partial charge in [0.05, 0.1) is 11.1 Å². The predicted molar refractivity (Wildman–Crippen MR) is 116 cm³/mol. The summed E-state index contributed by atoms with van der Waals surface area (Å²) in [5.41, 5.74) is 4.42. The third-order valence-corrected chi connectivity index (χ3v) is 5.31. The molecule has 0 N–H and O–H groups in total. The van der Waals surface area contributed by atoms with Gasteiger partial charge in [-0.25, -0.2) is 0 Å². The van der Waals surface area contributed by atoms with Crippen LogP contribution in [-0.2, 0) is 6.54 Å². The van der Waals surface area contributed by atoms with Crippen molar-refractivity contribution in [1.29, 1.82) is 0 Å². The van der Waals surface area contributed by atoms with Crippen LogP contribution in [0.1, 0.15) is 32.6 Å². The van der Waals surface area contributed by atoms with Gasteiger partial charge >= 0.3 is 0 Å². The van der Waals surface area contributed by atoms with Crippen molar-refractivity contribution in [1.82, 2.24) is 9.55 Å².